The van der Waals surface area contributed by atoms with Gasteiger partial charge in [0.15, 0.2) is 11.5 Å². The quantitative estimate of drug-likeness (QED) is 0.867. The second-order valence-electron chi connectivity index (χ2n) is 4.84. The zero-order valence-corrected chi connectivity index (χ0v) is 11.9. The van der Waals surface area contributed by atoms with Gasteiger partial charge in [0.05, 0.1) is 19.4 Å². The summed E-state index contributed by atoms with van der Waals surface area (Å²) in [6, 6.07) is 2.87. The zero-order chi connectivity index (χ0) is 14.9. The molecule has 0 fully saturated rings. The number of carbonyl (C=O) groups is 1. The minimum atomic E-state index is -0.433. The number of aromatic hydroxyl groups is 1. The Bertz CT molecular complexity index is 518. The molecule has 0 bridgehead atoms. The molecule has 0 radical (unpaired) electrons. The van der Waals surface area contributed by atoms with E-state index in [4.69, 9.17) is 15.2 Å². The summed E-state index contributed by atoms with van der Waals surface area (Å²) >= 11 is 0. The Morgan fingerprint density at radius 2 is 2.25 bits per heavy atom. The molecule has 0 spiro atoms. The number of nitrogens with zero attached hydrogens (tertiary/aromatic N) is 1. The fourth-order valence-electron chi connectivity index (χ4n) is 2.55. The number of rotatable bonds is 2. The van der Waals surface area contributed by atoms with E-state index in [0.717, 1.165) is 5.56 Å². The van der Waals surface area contributed by atoms with E-state index >= 15 is 0 Å². The minimum Gasteiger partial charge on any atom is -0.504 e. The Morgan fingerprint density at radius 1 is 1.55 bits per heavy atom. The van der Waals surface area contributed by atoms with E-state index in [1.165, 1.54) is 18.1 Å². The Kier molecular flexibility index (Phi) is 4.04. The second kappa shape index (κ2) is 5.58. The third kappa shape index (κ3) is 2.38. The third-order valence-electron chi connectivity index (χ3n) is 3.49. The van der Waals surface area contributed by atoms with Crippen molar-refractivity contribution >= 4 is 11.8 Å². The summed E-state index contributed by atoms with van der Waals surface area (Å²) in [5.41, 5.74) is 7.48. The van der Waals surface area contributed by atoms with Crippen molar-refractivity contribution in [1.29, 1.82) is 0 Å². The summed E-state index contributed by atoms with van der Waals surface area (Å²) < 4.78 is 10.2. The predicted molar refractivity (Wildman–Crippen MR) is 75.2 cm³/mol. The highest BCUT2D eigenvalue weighted by molar-refractivity contribution is 5.91. The topological polar surface area (TPSA) is 85.0 Å². The van der Waals surface area contributed by atoms with Crippen molar-refractivity contribution in [3.63, 3.8) is 0 Å². The van der Waals surface area contributed by atoms with Crippen molar-refractivity contribution in [2.24, 2.45) is 5.73 Å². The predicted octanol–water partition coefficient (Wildman–Crippen LogP) is 2.16. The van der Waals surface area contributed by atoms with Gasteiger partial charge in [-0.2, -0.15) is 0 Å². The Hall–Kier alpha value is -1.95. The van der Waals surface area contributed by atoms with Crippen LogP contribution in [0.15, 0.2) is 12.1 Å². The molecule has 1 amide bonds. The van der Waals surface area contributed by atoms with Crippen LogP contribution in [-0.2, 0) is 4.74 Å². The number of ether oxygens (including phenoxy) is 2. The smallest absolute Gasteiger partial charge is 0.414 e. The molecule has 0 aliphatic carbocycles. The van der Waals surface area contributed by atoms with Gasteiger partial charge in [0.25, 0.3) is 0 Å². The molecule has 0 aromatic heterocycles. The molecule has 1 heterocycles. The van der Waals surface area contributed by atoms with Gasteiger partial charge in [-0.1, -0.05) is 0 Å². The molecule has 110 valence electrons. The number of phenolic OH excluding ortho intramolecular Hbond substituents is 1. The van der Waals surface area contributed by atoms with E-state index in [-0.39, 0.29) is 17.8 Å². The average Bonchev–Trinajstić information content (AvgIpc) is 2.38. The van der Waals surface area contributed by atoms with Crippen molar-refractivity contribution in [2.75, 3.05) is 18.6 Å². The summed E-state index contributed by atoms with van der Waals surface area (Å²) in [7, 11) is 1.47. The molecule has 1 aromatic carbocycles. The Balaban J connectivity index is 2.51. The first-order chi connectivity index (χ1) is 9.49. The lowest BCUT2D eigenvalue weighted by molar-refractivity contribution is 0.156. The number of nitrogens with two attached hydrogens (primary N) is 1. The first-order valence-electron chi connectivity index (χ1n) is 6.62. The van der Waals surface area contributed by atoms with Gasteiger partial charge in [-0.15, -0.1) is 0 Å². The van der Waals surface area contributed by atoms with Crippen LogP contribution in [0.4, 0.5) is 10.5 Å². The first-order valence-corrected chi connectivity index (χ1v) is 6.62. The van der Waals surface area contributed by atoms with E-state index in [2.05, 4.69) is 0 Å². The Morgan fingerprint density at radius 3 is 2.85 bits per heavy atom. The largest absolute Gasteiger partial charge is 0.504 e. The monoisotopic (exact) mass is 280 g/mol. The van der Waals surface area contributed by atoms with Gasteiger partial charge in [-0.25, -0.2) is 4.79 Å². The molecule has 0 saturated carbocycles. The van der Waals surface area contributed by atoms with Gasteiger partial charge in [-0.05, 0) is 31.9 Å². The molecule has 20 heavy (non-hydrogen) atoms. The summed E-state index contributed by atoms with van der Waals surface area (Å²) in [6.07, 6.45) is 0.192. The summed E-state index contributed by atoms with van der Waals surface area (Å²) in [4.78, 5) is 13.6. The van der Waals surface area contributed by atoms with E-state index in [9.17, 15) is 9.90 Å². The van der Waals surface area contributed by atoms with Crippen molar-refractivity contribution in [3.8, 4) is 11.5 Å². The van der Waals surface area contributed by atoms with E-state index < -0.39 is 6.09 Å². The lowest BCUT2D eigenvalue weighted by atomic mass is 9.92. The highest BCUT2D eigenvalue weighted by atomic mass is 16.6. The van der Waals surface area contributed by atoms with Crippen molar-refractivity contribution in [3.05, 3.63) is 17.7 Å². The molecule has 0 saturated heterocycles. The van der Waals surface area contributed by atoms with E-state index in [1.807, 2.05) is 6.92 Å². The highest BCUT2D eigenvalue weighted by Gasteiger charge is 2.34. The molecular weight excluding hydrogens is 260 g/mol. The van der Waals surface area contributed by atoms with E-state index in [1.54, 1.807) is 13.0 Å². The number of amides is 1. The standard InChI is InChI=1S/C14H20N2O4/c1-4-20-14(18)16-8(2)5-10(15)9-6-13(19-3)12(17)7-11(9)16/h6-8,10,17H,4-5,15H2,1-3H3/t8-,10-/m0/s1. The molecule has 6 nitrogen and oxygen atoms in total. The van der Waals surface area contributed by atoms with Crippen molar-refractivity contribution in [1.82, 2.24) is 0 Å². The van der Waals surface area contributed by atoms with Crippen LogP contribution in [0.3, 0.4) is 0 Å². The molecule has 1 aliphatic rings. The van der Waals surface area contributed by atoms with Crippen LogP contribution in [0, 0.1) is 0 Å². The van der Waals surface area contributed by atoms with Gasteiger partial charge in [0, 0.05) is 18.2 Å². The van der Waals surface area contributed by atoms with Gasteiger partial charge in [-0.3, -0.25) is 4.90 Å². The molecular formula is C14H20N2O4. The first kappa shape index (κ1) is 14.5. The van der Waals surface area contributed by atoms with Gasteiger partial charge >= 0.3 is 6.09 Å². The molecule has 3 N–H and O–H groups in total. The lowest BCUT2D eigenvalue weighted by Gasteiger charge is -2.37. The number of hydrogen-bond donors (Lipinski definition) is 2. The molecule has 0 unspecified atom stereocenters. The Labute approximate surface area is 118 Å². The van der Waals surface area contributed by atoms with Crippen LogP contribution in [-0.4, -0.2) is 31.0 Å². The molecule has 2 atom stereocenters. The normalized spacial score (nSPS) is 21.3. The van der Waals surface area contributed by atoms with Crippen molar-refractivity contribution < 1.29 is 19.4 Å². The van der Waals surface area contributed by atoms with Crippen LogP contribution >= 0.6 is 0 Å². The van der Waals surface area contributed by atoms with Crippen LogP contribution < -0.4 is 15.4 Å². The number of benzene rings is 1. The van der Waals surface area contributed by atoms with Gasteiger partial charge in [0.2, 0.25) is 0 Å². The second-order valence-corrected chi connectivity index (χ2v) is 4.84. The molecule has 1 aliphatic heterocycles. The highest BCUT2D eigenvalue weighted by Crippen LogP contribution is 2.42. The fourth-order valence-corrected chi connectivity index (χ4v) is 2.55. The molecule has 6 heteroatoms. The fraction of sp³-hybridized carbons (Fsp3) is 0.500. The van der Waals surface area contributed by atoms with Crippen LogP contribution in [0.2, 0.25) is 0 Å². The number of methoxy groups -OCH3 is 1. The summed E-state index contributed by atoms with van der Waals surface area (Å²) in [5.74, 6) is 0.319. The zero-order valence-electron chi connectivity index (χ0n) is 11.9. The summed E-state index contributed by atoms with van der Waals surface area (Å²) in [6.45, 7) is 3.96. The van der Waals surface area contributed by atoms with Crippen LogP contribution in [0.25, 0.3) is 0 Å². The molecule has 2 rings (SSSR count). The minimum absolute atomic E-state index is 0.0261. The maximum Gasteiger partial charge on any atom is 0.414 e. The maximum absolute atomic E-state index is 12.1. The lowest BCUT2D eigenvalue weighted by Crippen LogP contribution is -2.44. The van der Waals surface area contributed by atoms with Crippen molar-refractivity contribution in [2.45, 2.75) is 32.4 Å². The number of anilines is 1. The third-order valence-corrected chi connectivity index (χ3v) is 3.49. The van der Waals surface area contributed by atoms with Gasteiger partial charge in [0.1, 0.15) is 0 Å². The maximum atomic E-state index is 12.1. The average molecular weight is 280 g/mol. The summed E-state index contributed by atoms with van der Waals surface area (Å²) in [5, 5.41) is 9.92. The van der Waals surface area contributed by atoms with E-state index in [0.29, 0.717) is 24.5 Å². The molecule has 1 aromatic rings. The SMILES string of the molecule is CCOC(=O)N1c2cc(O)c(OC)cc2[C@@H](N)C[C@@H]1C. The van der Waals surface area contributed by atoms with Gasteiger partial charge < -0.3 is 20.3 Å². The van der Waals surface area contributed by atoms with Crippen LogP contribution in [0.1, 0.15) is 31.9 Å². The number of hydrogen-bond acceptors (Lipinski definition) is 5. The van der Waals surface area contributed by atoms with Crippen LogP contribution in [0.5, 0.6) is 11.5 Å². The number of phenols is 1. The number of carbonyl (C=O) groups excluding carboxylic acids is 1. The number of fused-ring (bicyclic) bond motifs is 1.